The number of hydrogen-bond acceptors (Lipinski definition) is 18. The van der Waals surface area contributed by atoms with E-state index in [2.05, 4.69) is 10.6 Å². The number of esters is 2. The van der Waals surface area contributed by atoms with Crippen molar-refractivity contribution in [3.63, 3.8) is 0 Å². The fourth-order valence-electron chi connectivity index (χ4n) is 5.84. The maximum atomic E-state index is 12.1. The summed E-state index contributed by atoms with van der Waals surface area (Å²) in [7, 11) is 0. The molecule has 2 aliphatic heterocycles. The fourth-order valence-corrected chi connectivity index (χ4v) is 5.84. The van der Waals surface area contributed by atoms with Crippen molar-refractivity contribution < 1.29 is 83.7 Å². The largest absolute Gasteiger partial charge is 0.479 e. The highest BCUT2D eigenvalue weighted by molar-refractivity contribution is 5.76. The number of ether oxygens (including phenoxy) is 6. The van der Waals surface area contributed by atoms with Gasteiger partial charge in [-0.05, 0) is 118 Å². The number of aliphatic hydroxyl groups excluding tert-OH is 7. The number of aliphatic hydroxyl groups is 7. The van der Waals surface area contributed by atoms with Gasteiger partial charge in [0.25, 0.3) is 0 Å². The van der Waals surface area contributed by atoms with Gasteiger partial charge in [-0.2, -0.15) is 0 Å². The van der Waals surface area contributed by atoms with Crippen molar-refractivity contribution in [2.24, 2.45) is 10.8 Å². The summed E-state index contributed by atoms with van der Waals surface area (Å²) in [6.07, 6.45) is -15.5. The average molecular weight is 897 g/mol. The predicted octanol–water partition coefficient (Wildman–Crippen LogP) is 2.42. The second-order valence-corrected chi connectivity index (χ2v) is 19.7. The van der Waals surface area contributed by atoms with E-state index in [1.54, 1.807) is 77.9 Å². The minimum atomic E-state index is -1.81. The monoisotopic (exact) mass is 896 g/mol. The molecule has 2 aromatic rings. The first-order valence-corrected chi connectivity index (χ1v) is 20.6. The van der Waals surface area contributed by atoms with Crippen LogP contribution in [-0.2, 0) is 46.5 Å². The third-order valence-corrected chi connectivity index (χ3v) is 9.22. The predicted molar refractivity (Wildman–Crippen MR) is 227 cm³/mol. The molecule has 4 rings (SSSR count). The molecule has 10 unspecified atom stereocenters. The van der Waals surface area contributed by atoms with Crippen molar-refractivity contribution >= 4 is 29.3 Å². The summed E-state index contributed by atoms with van der Waals surface area (Å²) in [5, 5.41) is 85.4. The smallest absolute Gasteiger partial charge is 0.335 e. The van der Waals surface area contributed by atoms with Gasteiger partial charge in [0.15, 0.2) is 6.10 Å². The Bertz CT molecular complexity index is 1850. The summed E-state index contributed by atoms with van der Waals surface area (Å²) < 4.78 is 32.9. The van der Waals surface area contributed by atoms with Crippen LogP contribution in [0.2, 0.25) is 0 Å². The van der Waals surface area contributed by atoms with Crippen molar-refractivity contribution in [3.8, 4) is 11.5 Å². The minimum absolute atomic E-state index is 0.0315. The van der Waals surface area contributed by atoms with Crippen molar-refractivity contribution in [2.45, 2.75) is 169 Å². The van der Waals surface area contributed by atoms with Gasteiger partial charge in [-0.15, -0.1) is 0 Å². The number of benzene rings is 2. The molecule has 356 valence electrons. The lowest BCUT2D eigenvalue weighted by molar-refractivity contribution is -0.277. The minimum Gasteiger partial charge on any atom is -0.479 e. The van der Waals surface area contributed by atoms with Gasteiger partial charge in [-0.1, -0.05) is 12.1 Å². The highest BCUT2D eigenvalue weighted by Crippen LogP contribution is 2.35. The molecule has 0 aliphatic carbocycles. The average Bonchev–Trinajstić information content (AvgIpc) is 3.16. The van der Waals surface area contributed by atoms with Crippen LogP contribution in [0, 0.1) is 10.8 Å². The van der Waals surface area contributed by atoms with E-state index in [0.717, 1.165) is 5.56 Å². The molecule has 2 aromatic carbocycles. The van der Waals surface area contributed by atoms with Crippen LogP contribution in [0.3, 0.4) is 0 Å². The molecular weight excluding hydrogens is 828 g/mol. The lowest BCUT2D eigenvalue weighted by atomic mass is 9.97. The summed E-state index contributed by atoms with van der Waals surface area (Å²) in [5.41, 5.74) is 0.447. The number of nitrogens with one attached hydrogen (secondary N) is 2. The number of carbonyl (C=O) groups excluding carboxylic acids is 2. The van der Waals surface area contributed by atoms with Gasteiger partial charge in [-0.3, -0.25) is 9.59 Å². The Labute approximate surface area is 368 Å². The number of aliphatic carboxylic acids is 1. The second-order valence-electron chi connectivity index (χ2n) is 19.7. The Balaban J connectivity index is 0.000000335. The van der Waals surface area contributed by atoms with E-state index in [9.17, 15) is 55.2 Å². The quantitative estimate of drug-likeness (QED) is 0.137. The summed E-state index contributed by atoms with van der Waals surface area (Å²) in [6, 6.07) is 10.0. The van der Waals surface area contributed by atoms with Gasteiger partial charge in [0.1, 0.15) is 67.4 Å². The molecular formula is C44H68N2O17. The van der Waals surface area contributed by atoms with E-state index in [-0.39, 0.29) is 36.4 Å². The first kappa shape index (κ1) is 53.0. The molecule has 2 saturated heterocycles. The lowest BCUT2D eigenvalue weighted by Crippen LogP contribution is -2.61. The Morgan fingerprint density at radius 2 is 0.952 bits per heavy atom. The number of anilines is 2. The van der Waals surface area contributed by atoms with Crippen molar-refractivity contribution in [1.29, 1.82) is 0 Å². The van der Waals surface area contributed by atoms with Gasteiger partial charge in [0.05, 0.1) is 28.8 Å². The fraction of sp³-hybridized carbons (Fsp3) is 0.659. The second kappa shape index (κ2) is 21.1. The normalized spacial score (nSPS) is 26.7. The molecule has 0 radical (unpaired) electrons. The van der Waals surface area contributed by atoms with E-state index < -0.39 is 90.4 Å². The Morgan fingerprint density at radius 1 is 0.571 bits per heavy atom. The SMILES string of the molecule is CC(C)(C)Nc1cc(COC(=O)C(C)(C)C)ccc1OC1OC(C(=O)O)C(O)C(O)C1O.CC(C)(C)Nc1cc(COC(=O)C(C)(C)C)ccc1OC1OC(CO)C(O)C(O)C1O. The maximum Gasteiger partial charge on any atom is 0.335 e. The van der Waals surface area contributed by atoms with Crippen LogP contribution in [-0.4, -0.2) is 138 Å². The maximum absolute atomic E-state index is 12.1. The van der Waals surface area contributed by atoms with Gasteiger partial charge < -0.3 is 79.9 Å². The molecule has 0 bridgehead atoms. The van der Waals surface area contributed by atoms with Crippen LogP contribution in [0.4, 0.5) is 11.4 Å². The van der Waals surface area contributed by atoms with Crippen LogP contribution < -0.4 is 20.1 Å². The van der Waals surface area contributed by atoms with Crippen LogP contribution in [0.1, 0.15) is 94.2 Å². The van der Waals surface area contributed by atoms with Crippen LogP contribution in [0.25, 0.3) is 0 Å². The summed E-state index contributed by atoms with van der Waals surface area (Å²) in [6.45, 7) is 21.8. The number of rotatable bonds is 12. The van der Waals surface area contributed by atoms with Gasteiger partial charge in [0.2, 0.25) is 12.6 Å². The summed E-state index contributed by atoms with van der Waals surface area (Å²) in [4.78, 5) is 35.4. The number of hydrogen-bond donors (Lipinski definition) is 10. The van der Waals surface area contributed by atoms with Crippen molar-refractivity contribution in [1.82, 2.24) is 0 Å². The van der Waals surface area contributed by atoms with E-state index in [0.29, 0.717) is 22.7 Å². The van der Waals surface area contributed by atoms with Gasteiger partial charge in [0, 0.05) is 11.1 Å². The zero-order valence-electron chi connectivity index (χ0n) is 38.1. The molecule has 10 N–H and O–H groups in total. The highest BCUT2D eigenvalue weighted by atomic mass is 16.7. The molecule has 2 heterocycles. The number of carbonyl (C=O) groups is 3. The summed E-state index contributed by atoms with van der Waals surface area (Å²) >= 11 is 0. The molecule has 19 heteroatoms. The van der Waals surface area contributed by atoms with E-state index in [1.807, 2.05) is 41.5 Å². The zero-order valence-corrected chi connectivity index (χ0v) is 38.1. The van der Waals surface area contributed by atoms with E-state index in [4.69, 9.17) is 28.4 Å². The molecule has 19 nitrogen and oxygen atoms in total. The van der Waals surface area contributed by atoms with Crippen molar-refractivity contribution in [3.05, 3.63) is 47.5 Å². The zero-order chi connectivity index (χ0) is 48.0. The number of carboxylic acid groups (broad SMARTS) is 1. The van der Waals surface area contributed by atoms with E-state index in [1.165, 1.54) is 0 Å². The van der Waals surface area contributed by atoms with Gasteiger partial charge >= 0.3 is 17.9 Å². The first-order valence-electron chi connectivity index (χ1n) is 20.6. The Kier molecular flexibility index (Phi) is 17.8. The van der Waals surface area contributed by atoms with Crippen LogP contribution >= 0.6 is 0 Å². The van der Waals surface area contributed by atoms with E-state index >= 15 is 0 Å². The first-order chi connectivity index (χ1) is 28.8. The molecule has 0 saturated carbocycles. The molecule has 0 aromatic heterocycles. The molecule has 2 fully saturated rings. The van der Waals surface area contributed by atoms with Crippen LogP contribution in [0.15, 0.2) is 36.4 Å². The van der Waals surface area contributed by atoms with Crippen molar-refractivity contribution in [2.75, 3.05) is 17.2 Å². The third kappa shape index (κ3) is 15.4. The standard InChI is InChI=1S/C22H33NO9.C22H35NO8/c1-21(2,3)20(29)30-10-11-7-8-13(12(9-11)23-22(4,5)6)31-19-16(26)14(24)15(25)17(32-19)18(27)28;1-21(2,3)20(28)29-11-12-7-8-14(13(9-12)23-22(4,5)6)30-19-18(27)17(26)16(25)15(10-24)31-19/h7-9,14-17,19,23-26H,10H2,1-6H3,(H,27,28);7-9,15-19,23-27H,10-11H2,1-6H3. The number of carboxylic acids is 1. The highest BCUT2D eigenvalue weighted by Gasteiger charge is 2.48. The molecule has 0 spiro atoms. The third-order valence-electron chi connectivity index (χ3n) is 9.22. The van der Waals surface area contributed by atoms with Gasteiger partial charge in [-0.25, -0.2) is 4.79 Å². The Hall–Kier alpha value is -4.31. The molecule has 2 aliphatic rings. The topological polar surface area (TPSA) is 292 Å². The lowest BCUT2D eigenvalue weighted by Gasteiger charge is -2.40. The van der Waals surface area contributed by atoms with Crippen LogP contribution in [0.5, 0.6) is 11.5 Å². The molecule has 10 atom stereocenters. The molecule has 0 amide bonds. The molecule has 63 heavy (non-hydrogen) atoms. The summed E-state index contributed by atoms with van der Waals surface area (Å²) in [5.74, 6) is -1.64. The Morgan fingerprint density at radius 3 is 1.30 bits per heavy atom.